The summed E-state index contributed by atoms with van der Waals surface area (Å²) in [5.74, 6) is -0.330. The predicted molar refractivity (Wildman–Crippen MR) is 129 cm³/mol. The molecule has 0 spiro atoms. The maximum atomic E-state index is 13.9. The molecule has 0 radical (unpaired) electrons. The number of aromatic nitrogens is 1. The third-order valence-electron chi connectivity index (χ3n) is 4.78. The number of nitrogens with one attached hydrogen (secondary N) is 1. The Morgan fingerprint density at radius 1 is 1.09 bits per heavy atom. The molecule has 1 aromatic heterocycles. The van der Waals surface area contributed by atoms with Gasteiger partial charge in [0, 0.05) is 17.0 Å². The number of hydrogen-bond acceptors (Lipinski definition) is 5. The minimum Gasteiger partial charge on any atom is -0.494 e. The van der Waals surface area contributed by atoms with Crippen molar-refractivity contribution in [3.63, 3.8) is 0 Å². The van der Waals surface area contributed by atoms with Gasteiger partial charge in [0.15, 0.2) is 16.7 Å². The van der Waals surface area contributed by atoms with Crippen molar-refractivity contribution in [3.05, 3.63) is 101 Å². The van der Waals surface area contributed by atoms with Crippen molar-refractivity contribution < 1.29 is 23.0 Å². The second-order valence-corrected chi connectivity index (χ2v) is 8.06. The predicted octanol–water partition coefficient (Wildman–Crippen LogP) is 6.33. The lowest BCUT2D eigenvalue weighted by Crippen LogP contribution is -2.07. The summed E-state index contributed by atoms with van der Waals surface area (Å²) in [4.78, 5) is 16.6. The molecule has 172 valence electrons. The lowest BCUT2D eigenvalue weighted by molar-refractivity contribution is -0.111. The number of ether oxygens (including phenoxy) is 2. The van der Waals surface area contributed by atoms with Gasteiger partial charge in [-0.25, -0.2) is 13.8 Å². The van der Waals surface area contributed by atoms with Gasteiger partial charge in [-0.2, -0.15) is 0 Å². The van der Waals surface area contributed by atoms with Crippen LogP contribution in [0, 0.1) is 11.6 Å². The van der Waals surface area contributed by atoms with E-state index < -0.39 is 5.82 Å². The molecule has 34 heavy (non-hydrogen) atoms. The van der Waals surface area contributed by atoms with Gasteiger partial charge in [-0.15, -0.1) is 11.3 Å². The zero-order valence-electron chi connectivity index (χ0n) is 18.1. The van der Waals surface area contributed by atoms with Crippen LogP contribution < -0.4 is 14.8 Å². The average Bonchev–Trinajstić information content (AvgIpc) is 3.30. The summed E-state index contributed by atoms with van der Waals surface area (Å²) in [6, 6.07) is 18.0. The zero-order chi connectivity index (χ0) is 23.9. The van der Waals surface area contributed by atoms with Crippen molar-refractivity contribution in [2.45, 2.75) is 6.61 Å². The fraction of sp³-hybridized carbons (Fsp3) is 0.0769. The number of anilines is 1. The smallest absolute Gasteiger partial charge is 0.250 e. The minimum atomic E-state index is -0.480. The minimum absolute atomic E-state index is 0.156. The number of amides is 1. The van der Waals surface area contributed by atoms with E-state index in [0.717, 1.165) is 11.1 Å². The Bertz CT molecular complexity index is 1320. The van der Waals surface area contributed by atoms with Crippen LogP contribution in [-0.2, 0) is 11.4 Å². The third kappa shape index (κ3) is 6.05. The maximum absolute atomic E-state index is 13.9. The second kappa shape index (κ2) is 10.7. The molecule has 0 bridgehead atoms. The lowest BCUT2D eigenvalue weighted by Gasteiger charge is -2.06. The van der Waals surface area contributed by atoms with Gasteiger partial charge in [0.1, 0.15) is 18.2 Å². The van der Waals surface area contributed by atoms with Crippen LogP contribution in [0.5, 0.6) is 11.5 Å². The van der Waals surface area contributed by atoms with E-state index in [-0.39, 0.29) is 24.1 Å². The number of carbonyl (C=O) groups excluding carboxylic acids is 1. The molecule has 0 aliphatic carbocycles. The SMILES string of the molecule is COc1ccc(-c2csc(NC(=O)C=Cc3ccc(OCc4cccc(F)c4)cc3)n2)cc1F. The van der Waals surface area contributed by atoms with Gasteiger partial charge >= 0.3 is 0 Å². The van der Waals surface area contributed by atoms with Gasteiger partial charge in [-0.1, -0.05) is 24.3 Å². The van der Waals surface area contributed by atoms with Crippen molar-refractivity contribution in [2.75, 3.05) is 12.4 Å². The van der Waals surface area contributed by atoms with Crippen LogP contribution in [0.3, 0.4) is 0 Å². The molecule has 0 saturated heterocycles. The van der Waals surface area contributed by atoms with E-state index in [1.54, 1.807) is 41.8 Å². The van der Waals surface area contributed by atoms with E-state index in [1.165, 1.54) is 48.8 Å². The van der Waals surface area contributed by atoms with E-state index in [1.807, 2.05) is 12.1 Å². The van der Waals surface area contributed by atoms with Crippen LogP contribution in [0.4, 0.5) is 13.9 Å². The summed E-state index contributed by atoms with van der Waals surface area (Å²) in [5.41, 5.74) is 2.69. The van der Waals surface area contributed by atoms with Crippen LogP contribution in [0.2, 0.25) is 0 Å². The molecule has 8 heteroatoms. The van der Waals surface area contributed by atoms with Crippen LogP contribution in [0.25, 0.3) is 17.3 Å². The largest absolute Gasteiger partial charge is 0.494 e. The van der Waals surface area contributed by atoms with Gasteiger partial charge in [0.05, 0.1) is 12.8 Å². The van der Waals surface area contributed by atoms with Crippen molar-refractivity contribution in [1.82, 2.24) is 4.98 Å². The highest BCUT2D eigenvalue weighted by molar-refractivity contribution is 7.14. The first kappa shape index (κ1) is 23.1. The molecular formula is C26H20F2N2O3S. The van der Waals surface area contributed by atoms with Crippen molar-refractivity contribution in [1.29, 1.82) is 0 Å². The molecule has 1 N–H and O–H groups in total. The summed E-state index contributed by atoms with van der Waals surface area (Å²) >= 11 is 1.25. The molecule has 0 aliphatic rings. The molecule has 0 aliphatic heterocycles. The summed E-state index contributed by atoms with van der Waals surface area (Å²) in [7, 11) is 1.40. The Morgan fingerprint density at radius 2 is 1.91 bits per heavy atom. The second-order valence-electron chi connectivity index (χ2n) is 7.20. The highest BCUT2D eigenvalue weighted by Gasteiger charge is 2.10. The summed E-state index contributed by atoms with van der Waals surface area (Å²) < 4.78 is 37.7. The number of hydrogen-bond donors (Lipinski definition) is 1. The first-order valence-electron chi connectivity index (χ1n) is 10.3. The summed E-state index contributed by atoms with van der Waals surface area (Å²) in [6.07, 6.45) is 3.07. The van der Waals surface area contributed by atoms with E-state index in [0.29, 0.717) is 22.1 Å². The highest BCUT2D eigenvalue weighted by Crippen LogP contribution is 2.28. The van der Waals surface area contributed by atoms with E-state index >= 15 is 0 Å². The topological polar surface area (TPSA) is 60.5 Å². The standard InChI is InChI=1S/C26H20F2N2O3S/c1-32-24-11-8-19(14-22(24)28)23-16-34-26(29-23)30-25(31)12-7-17-5-9-21(10-6-17)33-15-18-3-2-4-20(27)13-18/h2-14,16H,15H2,1H3,(H,29,30,31). The zero-order valence-corrected chi connectivity index (χ0v) is 18.9. The van der Waals surface area contributed by atoms with E-state index in [4.69, 9.17) is 9.47 Å². The van der Waals surface area contributed by atoms with Crippen molar-refractivity contribution in [3.8, 4) is 22.8 Å². The molecule has 4 aromatic rings. The number of halogens is 2. The van der Waals surface area contributed by atoms with Crippen molar-refractivity contribution in [2.24, 2.45) is 0 Å². The number of nitrogens with zero attached hydrogens (tertiary/aromatic N) is 1. The molecule has 3 aromatic carbocycles. The first-order chi connectivity index (χ1) is 16.5. The Kier molecular flexibility index (Phi) is 7.29. The van der Waals surface area contributed by atoms with Gasteiger partial charge in [-0.05, 0) is 59.7 Å². The van der Waals surface area contributed by atoms with E-state index in [9.17, 15) is 13.6 Å². The van der Waals surface area contributed by atoms with Gasteiger partial charge in [0.2, 0.25) is 5.91 Å². The molecule has 0 unspecified atom stereocenters. The number of carbonyl (C=O) groups is 1. The van der Waals surface area contributed by atoms with E-state index in [2.05, 4.69) is 10.3 Å². The number of thiazole rings is 1. The molecule has 1 amide bonds. The number of rotatable bonds is 8. The molecule has 5 nitrogen and oxygen atoms in total. The molecular weight excluding hydrogens is 458 g/mol. The fourth-order valence-electron chi connectivity index (χ4n) is 3.08. The monoisotopic (exact) mass is 478 g/mol. The number of benzene rings is 3. The Labute approximate surface area is 199 Å². The quantitative estimate of drug-likeness (QED) is 0.301. The maximum Gasteiger partial charge on any atom is 0.250 e. The Hall–Kier alpha value is -4.04. The fourth-order valence-corrected chi connectivity index (χ4v) is 3.80. The Morgan fingerprint density at radius 3 is 2.65 bits per heavy atom. The first-order valence-corrected chi connectivity index (χ1v) is 11.1. The summed E-state index contributed by atoms with van der Waals surface area (Å²) in [5, 5.41) is 4.85. The van der Waals surface area contributed by atoms with Gasteiger partial charge in [0.25, 0.3) is 0 Å². The molecule has 0 atom stereocenters. The van der Waals surface area contributed by atoms with Gasteiger partial charge < -0.3 is 9.47 Å². The molecule has 0 fully saturated rings. The highest BCUT2D eigenvalue weighted by atomic mass is 32.1. The Balaban J connectivity index is 1.31. The van der Waals surface area contributed by atoms with Crippen LogP contribution >= 0.6 is 11.3 Å². The molecule has 1 heterocycles. The summed E-state index contributed by atoms with van der Waals surface area (Å²) in [6.45, 7) is 0.258. The molecule has 0 saturated carbocycles. The van der Waals surface area contributed by atoms with Crippen molar-refractivity contribution >= 4 is 28.5 Å². The normalized spacial score (nSPS) is 10.9. The third-order valence-corrected chi connectivity index (χ3v) is 5.54. The van der Waals surface area contributed by atoms with Crippen LogP contribution in [-0.4, -0.2) is 18.0 Å². The molecule has 4 rings (SSSR count). The van der Waals surface area contributed by atoms with Gasteiger partial charge in [-0.3, -0.25) is 10.1 Å². The number of methoxy groups -OCH3 is 1. The van der Waals surface area contributed by atoms with Crippen LogP contribution in [0.1, 0.15) is 11.1 Å². The van der Waals surface area contributed by atoms with Crippen LogP contribution in [0.15, 0.2) is 78.2 Å². The average molecular weight is 479 g/mol. The lowest BCUT2D eigenvalue weighted by atomic mass is 10.1.